The summed E-state index contributed by atoms with van der Waals surface area (Å²) in [5.74, 6) is -1.24. The van der Waals surface area contributed by atoms with Gasteiger partial charge in [0, 0.05) is 6.61 Å². The van der Waals surface area contributed by atoms with Gasteiger partial charge in [-0.2, -0.15) is 0 Å². The highest BCUT2D eigenvalue weighted by Gasteiger charge is 2.29. The second-order valence-electron chi connectivity index (χ2n) is 4.40. The number of aliphatic carboxylic acids is 1. The summed E-state index contributed by atoms with van der Waals surface area (Å²) in [6.07, 6.45) is 7.00. The van der Waals surface area contributed by atoms with Crippen molar-refractivity contribution >= 4 is 5.97 Å². The normalized spacial score (nSPS) is 14.7. The van der Waals surface area contributed by atoms with E-state index in [1.165, 1.54) is 32.6 Å². The molecule has 4 nitrogen and oxygen atoms in total. The van der Waals surface area contributed by atoms with Crippen LogP contribution in [0.3, 0.4) is 0 Å². The van der Waals surface area contributed by atoms with Crippen LogP contribution in [0.2, 0.25) is 0 Å². The molecule has 1 unspecified atom stereocenters. The Morgan fingerprint density at radius 1 is 1.19 bits per heavy atom. The molecule has 96 valence electrons. The molecule has 0 heterocycles. The highest BCUT2D eigenvalue weighted by atomic mass is 16.5. The molecule has 0 aromatic rings. The van der Waals surface area contributed by atoms with Crippen LogP contribution in [0.5, 0.6) is 0 Å². The van der Waals surface area contributed by atoms with Gasteiger partial charge in [-0.25, -0.2) is 4.79 Å². The molecule has 0 radical (unpaired) electrons. The number of carboxylic acid groups (broad SMARTS) is 1. The zero-order valence-electron chi connectivity index (χ0n) is 10.4. The number of unbranched alkanes of at least 4 members (excludes halogenated alkanes) is 5. The summed E-state index contributed by atoms with van der Waals surface area (Å²) in [4.78, 5) is 10.5. The molecule has 0 amide bonds. The van der Waals surface area contributed by atoms with Gasteiger partial charge < -0.3 is 14.9 Å². The highest BCUT2D eigenvalue weighted by molar-refractivity contribution is 5.76. The Labute approximate surface area is 97.6 Å². The minimum absolute atomic E-state index is 0.142. The molecule has 0 aromatic heterocycles. The van der Waals surface area contributed by atoms with Gasteiger partial charge in [0.2, 0.25) is 0 Å². The first-order valence-corrected chi connectivity index (χ1v) is 6.04. The second kappa shape index (κ2) is 8.53. The standard InChI is InChI=1S/C12H24O4/c1-3-4-5-6-7-8-9-16-10-12(2,15)11(13)14/h15H,3-10H2,1-2H3,(H,13,14). The quantitative estimate of drug-likeness (QED) is 0.567. The van der Waals surface area contributed by atoms with Crippen LogP contribution in [0.1, 0.15) is 52.4 Å². The molecule has 0 aliphatic carbocycles. The fraction of sp³-hybridized carbons (Fsp3) is 0.917. The van der Waals surface area contributed by atoms with E-state index < -0.39 is 11.6 Å². The van der Waals surface area contributed by atoms with Gasteiger partial charge in [0.1, 0.15) is 0 Å². The maximum atomic E-state index is 10.5. The first kappa shape index (κ1) is 15.4. The summed E-state index contributed by atoms with van der Waals surface area (Å²) in [6, 6.07) is 0. The molecule has 0 bridgehead atoms. The minimum Gasteiger partial charge on any atom is -0.479 e. The molecule has 0 aliphatic heterocycles. The molecule has 0 spiro atoms. The molecule has 0 saturated carbocycles. The van der Waals surface area contributed by atoms with Crippen molar-refractivity contribution in [2.75, 3.05) is 13.2 Å². The zero-order valence-corrected chi connectivity index (χ0v) is 10.4. The van der Waals surface area contributed by atoms with Gasteiger partial charge in [-0.05, 0) is 13.3 Å². The Hall–Kier alpha value is -0.610. The number of rotatable bonds is 10. The molecule has 0 aliphatic rings. The van der Waals surface area contributed by atoms with Crippen molar-refractivity contribution < 1.29 is 19.7 Å². The van der Waals surface area contributed by atoms with Crippen LogP contribution < -0.4 is 0 Å². The topological polar surface area (TPSA) is 66.8 Å². The van der Waals surface area contributed by atoms with Gasteiger partial charge in [0.05, 0.1) is 6.61 Å². The summed E-state index contributed by atoms with van der Waals surface area (Å²) >= 11 is 0. The van der Waals surface area contributed by atoms with E-state index in [9.17, 15) is 9.90 Å². The molecule has 0 rings (SSSR count). The van der Waals surface area contributed by atoms with Crippen molar-refractivity contribution in [3.8, 4) is 0 Å². The number of aliphatic hydroxyl groups is 1. The predicted molar refractivity (Wildman–Crippen MR) is 62.5 cm³/mol. The zero-order chi connectivity index (χ0) is 12.4. The third-order valence-electron chi connectivity index (χ3n) is 2.49. The first-order chi connectivity index (χ1) is 7.50. The SMILES string of the molecule is CCCCCCCCOCC(C)(O)C(=O)O. The summed E-state index contributed by atoms with van der Waals surface area (Å²) in [7, 11) is 0. The fourth-order valence-electron chi connectivity index (χ4n) is 1.32. The van der Waals surface area contributed by atoms with Gasteiger partial charge in [-0.3, -0.25) is 0 Å². The summed E-state index contributed by atoms with van der Waals surface area (Å²) < 4.78 is 5.14. The van der Waals surface area contributed by atoms with Crippen LogP contribution in [0.25, 0.3) is 0 Å². The van der Waals surface area contributed by atoms with E-state index in [0.717, 1.165) is 12.8 Å². The lowest BCUT2D eigenvalue weighted by atomic mass is 10.1. The highest BCUT2D eigenvalue weighted by Crippen LogP contribution is 2.07. The van der Waals surface area contributed by atoms with Crippen molar-refractivity contribution in [1.29, 1.82) is 0 Å². The van der Waals surface area contributed by atoms with Crippen LogP contribution in [-0.2, 0) is 9.53 Å². The number of hydrogen-bond donors (Lipinski definition) is 2. The van der Waals surface area contributed by atoms with Crippen LogP contribution >= 0.6 is 0 Å². The Balaban J connectivity index is 3.30. The summed E-state index contributed by atoms with van der Waals surface area (Å²) in [5, 5.41) is 18.0. The predicted octanol–water partition coefficient (Wildman–Crippen LogP) is 2.20. The molecule has 2 N–H and O–H groups in total. The number of carboxylic acids is 1. The third-order valence-corrected chi connectivity index (χ3v) is 2.49. The Kier molecular flexibility index (Phi) is 8.21. The molecular weight excluding hydrogens is 208 g/mol. The average Bonchev–Trinajstić information content (AvgIpc) is 2.21. The average molecular weight is 232 g/mol. The molecule has 4 heteroatoms. The van der Waals surface area contributed by atoms with Crippen molar-refractivity contribution in [2.24, 2.45) is 0 Å². The van der Waals surface area contributed by atoms with E-state index in [4.69, 9.17) is 9.84 Å². The Bertz CT molecular complexity index is 189. The van der Waals surface area contributed by atoms with Gasteiger partial charge in [0.15, 0.2) is 5.60 Å². The third kappa shape index (κ3) is 7.65. The number of ether oxygens (including phenoxy) is 1. The monoisotopic (exact) mass is 232 g/mol. The van der Waals surface area contributed by atoms with Crippen molar-refractivity contribution in [3.63, 3.8) is 0 Å². The van der Waals surface area contributed by atoms with Crippen LogP contribution in [0.15, 0.2) is 0 Å². The first-order valence-electron chi connectivity index (χ1n) is 6.04. The number of carbonyl (C=O) groups is 1. The molecule has 0 aromatic carbocycles. The van der Waals surface area contributed by atoms with Gasteiger partial charge in [-0.15, -0.1) is 0 Å². The minimum atomic E-state index is -1.76. The summed E-state index contributed by atoms with van der Waals surface area (Å²) in [6.45, 7) is 3.81. The van der Waals surface area contributed by atoms with Crippen molar-refractivity contribution in [3.05, 3.63) is 0 Å². The van der Waals surface area contributed by atoms with E-state index in [1.54, 1.807) is 0 Å². The summed E-state index contributed by atoms with van der Waals surface area (Å²) in [5.41, 5.74) is -1.76. The van der Waals surface area contributed by atoms with Gasteiger partial charge in [0.25, 0.3) is 0 Å². The lowest BCUT2D eigenvalue weighted by molar-refractivity contribution is -0.162. The van der Waals surface area contributed by atoms with Gasteiger partial charge >= 0.3 is 5.97 Å². The van der Waals surface area contributed by atoms with E-state index in [-0.39, 0.29) is 6.61 Å². The molecule has 0 fully saturated rings. The Morgan fingerprint density at radius 2 is 1.75 bits per heavy atom. The number of hydrogen-bond acceptors (Lipinski definition) is 3. The second-order valence-corrected chi connectivity index (χ2v) is 4.40. The molecule has 0 saturated heterocycles. The van der Waals surface area contributed by atoms with E-state index >= 15 is 0 Å². The smallest absolute Gasteiger partial charge is 0.337 e. The van der Waals surface area contributed by atoms with Crippen LogP contribution in [0.4, 0.5) is 0 Å². The van der Waals surface area contributed by atoms with Crippen LogP contribution in [-0.4, -0.2) is 35.0 Å². The van der Waals surface area contributed by atoms with Crippen LogP contribution in [0, 0.1) is 0 Å². The van der Waals surface area contributed by atoms with E-state index in [2.05, 4.69) is 6.92 Å². The fourth-order valence-corrected chi connectivity index (χ4v) is 1.32. The van der Waals surface area contributed by atoms with E-state index in [0.29, 0.717) is 6.61 Å². The molecule has 1 atom stereocenters. The maximum Gasteiger partial charge on any atom is 0.337 e. The van der Waals surface area contributed by atoms with Crippen molar-refractivity contribution in [1.82, 2.24) is 0 Å². The maximum absolute atomic E-state index is 10.5. The molecule has 16 heavy (non-hydrogen) atoms. The van der Waals surface area contributed by atoms with Gasteiger partial charge in [-0.1, -0.05) is 39.0 Å². The Morgan fingerprint density at radius 3 is 2.31 bits per heavy atom. The lowest BCUT2D eigenvalue weighted by Gasteiger charge is -2.17. The van der Waals surface area contributed by atoms with Crippen molar-refractivity contribution in [2.45, 2.75) is 58.0 Å². The lowest BCUT2D eigenvalue weighted by Crippen LogP contribution is -2.39. The largest absolute Gasteiger partial charge is 0.479 e. The van der Waals surface area contributed by atoms with E-state index in [1.807, 2.05) is 0 Å². The molecular formula is C12H24O4.